The van der Waals surface area contributed by atoms with Crippen molar-refractivity contribution in [3.05, 3.63) is 59.7 Å². The average Bonchev–Trinajstić information content (AvgIpc) is 2.88. The van der Waals surface area contributed by atoms with Crippen LogP contribution >= 0.6 is 11.8 Å². The molecule has 0 spiro atoms. The van der Waals surface area contributed by atoms with Crippen LogP contribution in [0.5, 0.6) is 0 Å². The van der Waals surface area contributed by atoms with Gasteiger partial charge in [0.2, 0.25) is 5.91 Å². The van der Waals surface area contributed by atoms with E-state index in [4.69, 9.17) is 4.74 Å². The molecule has 1 atom stereocenters. The Bertz CT molecular complexity index is 870. The Morgan fingerprint density at radius 1 is 1.21 bits per heavy atom. The summed E-state index contributed by atoms with van der Waals surface area (Å²) in [6.07, 6.45) is 0.223. The van der Waals surface area contributed by atoms with E-state index in [0.717, 1.165) is 10.5 Å². The number of anilines is 1. The number of rotatable bonds is 6. The second-order valence-corrected chi connectivity index (χ2v) is 7.57. The Balaban J connectivity index is 1.53. The van der Waals surface area contributed by atoms with E-state index in [-0.39, 0.29) is 11.8 Å². The van der Waals surface area contributed by atoms with Crippen molar-refractivity contribution < 1.29 is 19.1 Å². The summed E-state index contributed by atoms with van der Waals surface area (Å²) in [6, 6.07) is 14.8. The highest BCUT2D eigenvalue weighted by Crippen LogP contribution is 2.31. The second kappa shape index (κ2) is 9.41. The number of thioether (sulfide) groups is 1. The number of hydrogen-bond acceptors (Lipinski definition) is 5. The van der Waals surface area contributed by atoms with Gasteiger partial charge in [0, 0.05) is 23.6 Å². The summed E-state index contributed by atoms with van der Waals surface area (Å²) >= 11 is 1.56. The summed E-state index contributed by atoms with van der Waals surface area (Å²) in [4.78, 5) is 37.2. The van der Waals surface area contributed by atoms with Gasteiger partial charge in [-0.25, -0.2) is 4.79 Å². The van der Waals surface area contributed by atoms with Gasteiger partial charge >= 0.3 is 5.97 Å². The quantitative estimate of drug-likeness (QED) is 0.731. The number of carbonyl (C=O) groups excluding carboxylic acids is 3. The minimum atomic E-state index is -0.911. The molecule has 2 amide bonds. The molecule has 7 heteroatoms. The van der Waals surface area contributed by atoms with E-state index in [9.17, 15) is 14.4 Å². The van der Waals surface area contributed by atoms with Crippen LogP contribution in [0, 0.1) is 0 Å². The molecule has 0 saturated carbocycles. The van der Waals surface area contributed by atoms with E-state index < -0.39 is 12.1 Å². The summed E-state index contributed by atoms with van der Waals surface area (Å²) in [5.74, 6) is -0.328. The van der Waals surface area contributed by atoms with Crippen LogP contribution in [-0.4, -0.2) is 36.2 Å². The van der Waals surface area contributed by atoms with E-state index in [1.54, 1.807) is 30.0 Å². The smallest absolute Gasteiger partial charge is 0.338 e. The van der Waals surface area contributed by atoms with Crippen molar-refractivity contribution in [2.24, 2.45) is 0 Å². The summed E-state index contributed by atoms with van der Waals surface area (Å²) in [6.45, 7) is 2.00. The molecule has 0 fully saturated rings. The molecule has 0 bridgehead atoms. The topological polar surface area (TPSA) is 84.5 Å². The third kappa shape index (κ3) is 5.36. The Kier molecular flexibility index (Phi) is 6.71. The molecule has 3 rings (SSSR count). The first-order valence-corrected chi connectivity index (χ1v) is 10.1. The zero-order chi connectivity index (χ0) is 19.9. The number of esters is 1. The predicted molar refractivity (Wildman–Crippen MR) is 108 cm³/mol. The lowest BCUT2D eigenvalue weighted by Gasteiger charge is -2.14. The van der Waals surface area contributed by atoms with Crippen molar-refractivity contribution in [1.82, 2.24) is 5.32 Å². The van der Waals surface area contributed by atoms with Gasteiger partial charge in [0.15, 0.2) is 6.10 Å². The number of fused-ring (bicyclic) bond motifs is 1. The highest BCUT2D eigenvalue weighted by atomic mass is 32.2. The van der Waals surface area contributed by atoms with Gasteiger partial charge in [0.25, 0.3) is 5.91 Å². The molecule has 0 unspecified atom stereocenters. The fourth-order valence-electron chi connectivity index (χ4n) is 2.75. The van der Waals surface area contributed by atoms with Gasteiger partial charge in [-0.15, -0.1) is 11.8 Å². The standard InChI is InChI=1S/C21H22N2O4S/c1-14(20(25)22-11-9-15-5-3-2-4-6-15)27-21(26)16-7-8-18-17(13-16)23-19(24)10-12-28-18/h2-8,13-14H,9-12H2,1H3,(H,22,25)(H,23,24)/t14-/m1/s1. The maximum atomic E-state index is 12.4. The van der Waals surface area contributed by atoms with Gasteiger partial charge in [-0.05, 0) is 37.1 Å². The molecule has 0 aliphatic carbocycles. The summed E-state index contributed by atoms with van der Waals surface area (Å²) < 4.78 is 5.28. The molecule has 2 aromatic carbocycles. The fraction of sp³-hybridized carbons (Fsp3) is 0.286. The molecule has 0 aromatic heterocycles. The Labute approximate surface area is 168 Å². The van der Waals surface area contributed by atoms with Crippen LogP contribution in [0.2, 0.25) is 0 Å². The maximum Gasteiger partial charge on any atom is 0.338 e. The van der Waals surface area contributed by atoms with Gasteiger partial charge in [-0.1, -0.05) is 30.3 Å². The average molecular weight is 398 g/mol. The van der Waals surface area contributed by atoms with E-state index in [1.165, 1.54) is 6.92 Å². The van der Waals surface area contributed by atoms with Crippen LogP contribution < -0.4 is 10.6 Å². The van der Waals surface area contributed by atoms with Crippen LogP contribution in [0.15, 0.2) is 53.4 Å². The molecule has 1 aliphatic rings. The molecule has 6 nitrogen and oxygen atoms in total. The van der Waals surface area contributed by atoms with Gasteiger partial charge in [0.1, 0.15) is 0 Å². The van der Waals surface area contributed by atoms with Crippen molar-refractivity contribution in [1.29, 1.82) is 0 Å². The zero-order valence-corrected chi connectivity index (χ0v) is 16.4. The minimum Gasteiger partial charge on any atom is -0.449 e. The van der Waals surface area contributed by atoms with Crippen molar-refractivity contribution in [2.45, 2.75) is 30.8 Å². The first-order valence-electron chi connectivity index (χ1n) is 9.12. The molecule has 0 saturated heterocycles. The number of carbonyl (C=O) groups is 3. The van der Waals surface area contributed by atoms with Crippen LogP contribution in [0.1, 0.15) is 29.3 Å². The van der Waals surface area contributed by atoms with E-state index >= 15 is 0 Å². The fourth-order valence-corrected chi connectivity index (χ4v) is 3.68. The Morgan fingerprint density at radius 2 is 2.00 bits per heavy atom. The number of hydrogen-bond donors (Lipinski definition) is 2. The highest BCUT2D eigenvalue weighted by Gasteiger charge is 2.21. The van der Waals surface area contributed by atoms with E-state index in [1.807, 2.05) is 30.3 Å². The molecule has 146 valence electrons. The van der Waals surface area contributed by atoms with Crippen LogP contribution in [0.25, 0.3) is 0 Å². The third-order valence-electron chi connectivity index (χ3n) is 4.28. The van der Waals surface area contributed by atoms with Crippen LogP contribution in [-0.2, 0) is 20.7 Å². The first-order chi connectivity index (χ1) is 13.5. The first kappa shape index (κ1) is 19.9. The maximum absolute atomic E-state index is 12.4. The number of ether oxygens (including phenoxy) is 1. The molecule has 1 aliphatic heterocycles. The van der Waals surface area contributed by atoms with Crippen molar-refractivity contribution in [2.75, 3.05) is 17.6 Å². The molecular formula is C21H22N2O4S. The molecule has 2 N–H and O–H groups in total. The van der Waals surface area contributed by atoms with Gasteiger partial charge < -0.3 is 15.4 Å². The predicted octanol–water partition coefficient (Wildman–Crippen LogP) is 3.03. The Morgan fingerprint density at radius 3 is 2.79 bits per heavy atom. The molecule has 2 aromatic rings. The molecule has 1 heterocycles. The van der Waals surface area contributed by atoms with E-state index in [2.05, 4.69) is 10.6 Å². The van der Waals surface area contributed by atoms with Crippen LogP contribution in [0.4, 0.5) is 5.69 Å². The van der Waals surface area contributed by atoms with Crippen LogP contribution in [0.3, 0.4) is 0 Å². The number of amides is 2. The van der Waals surface area contributed by atoms with E-state index in [0.29, 0.717) is 36.4 Å². The second-order valence-electron chi connectivity index (χ2n) is 6.43. The lowest BCUT2D eigenvalue weighted by Crippen LogP contribution is -2.36. The normalized spacial score (nSPS) is 14.2. The van der Waals surface area contributed by atoms with Crippen molar-refractivity contribution in [3.63, 3.8) is 0 Å². The largest absolute Gasteiger partial charge is 0.449 e. The lowest BCUT2D eigenvalue weighted by atomic mass is 10.1. The summed E-state index contributed by atoms with van der Waals surface area (Å²) in [7, 11) is 0. The highest BCUT2D eigenvalue weighted by molar-refractivity contribution is 7.99. The SMILES string of the molecule is C[C@@H](OC(=O)c1ccc2c(c1)NC(=O)CCS2)C(=O)NCCc1ccccc1. The Hall–Kier alpha value is -2.80. The molecular weight excluding hydrogens is 376 g/mol. The molecule has 0 radical (unpaired) electrons. The van der Waals surface area contributed by atoms with Gasteiger partial charge in [0.05, 0.1) is 11.3 Å². The van der Waals surface area contributed by atoms with Gasteiger partial charge in [-0.3, -0.25) is 9.59 Å². The summed E-state index contributed by atoms with van der Waals surface area (Å²) in [5.41, 5.74) is 2.02. The minimum absolute atomic E-state index is 0.0806. The monoisotopic (exact) mass is 398 g/mol. The zero-order valence-electron chi connectivity index (χ0n) is 15.6. The third-order valence-corrected chi connectivity index (χ3v) is 5.36. The number of benzene rings is 2. The number of nitrogens with one attached hydrogen (secondary N) is 2. The van der Waals surface area contributed by atoms with Crippen molar-refractivity contribution >= 4 is 35.2 Å². The van der Waals surface area contributed by atoms with Gasteiger partial charge in [-0.2, -0.15) is 0 Å². The molecule has 28 heavy (non-hydrogen) atoms. The van der Waals surface area contributed by atoms with Crippen molar-refractivity contribution in [3.8, 4) is 0 Å². The lowest BCUT2D eigenvalue weighted by molar-refractivity contribution is -0.129. The summed E-state index contributed by atoms with van der Waals surface area (Å²) in [5, 5.41) is 5.57.